The zero-order chi connectivity index (χ0) is 17.3. The van der Waals surface area contributed by atoms with E-state index in [2.05, 4.69) is 27.2 Å². The number of amides is 1. The van der Waals surface area contributed by atoms with E-state index in [0.29, 0.717) is 22.6 Å². The number of aromatic amines is 1. The number of nitrogens with one attached hydrogen (secondary N) is 2. The van der Waals surface area contributed by atoms with E-state index < -0.39 is 5.60 Å². The summed E-state index contributed by atoms with van der Waals surface area (Å²) in [6.07, 6.45) is 8.44. The van der Waals surface area contributed by atoms with Gasteiger partial charge >= 0.3 is 0 Å². The Labute approximate surface area is 142 Å². The van der Waals surface area contributed by atoms with Crippen molar-refractivity contribution in [2.75, 3.05) is 0 Å². The fourth-order valence-electron chi connectivity index (χ4n) is 2.90. The Bertz CT molecular complexity index is 728. The monoisotopic (exact) mass is 330 g/mol. The summed E-state index contributed by atoms with van der Waals surface area (Å²) in [5, 5.41) is 13.3. The highest BCUT2D eigenvalue weighted by molar-refractivity contribution is 6.04. The van der Waals surface area contributed by atoms with Crippen molar-refractivity contribution in [2.24, 2.45) is 0 Å². The van der Waals surface area contributed by atoms with Crippen molar-refractivity contribution in [3.8, 4) is 0 Å². The van der Waals surface area contributed by atoms with E-state index in [0.717, 1.165) is 37.8 Å². The summed E-state index contributed by atoms with van der Waals surface area (Å²) in [5.41, 5.74) is 1.72. The molecule has 1 unspecified atom stereocenters. The van der Waals surface area contributed by atoms with Crippen molar-refractivity contribution in [1.82, 2.24) is 20.3 Å². The molecule has 6 nitrogen and oxygen atoms in total. The van der Waals surface area contributed by atoms with Gasteiger partial charge in [0.2, 0.25) is 0 Å². The van der Waals surface area contributed by atoms with Crippen LogP contribution in [0.15, 0.2) is 12.4 Å². The predicted molar refractivity (Wildman–Crippen MR) is 92.9 cm³/mol. The molecule has 0 aliphatic heterocycles. The standard InChI is InChI=1S/C18H26N4O2/c1-4-5-6-14(18(2,3)24)22-17(23)12-9-19-16-15(12)21-13(10-20-16)11-7-8-11/h9-11,14,24H,4-8H2,1-3H3,(H,19,20)(H,22,23). The molecule has 6 heteroatoms. The van der Waals surface area contributed by atoms with Crippen molar-refractivity contribution in [1.29, 1.82) is 0 Å². The van der Waals surface area contributed by atoms with Crippen LogP contribution in [0.4, 0.5) is 0 Å². The summed E-state index contributed by atoms with van der Waals surface area (Å²) >= 11 is 0. The third-order valence-corrected chi connectivity index (χ3v) is 4.64. The number of hydrogen-bond donors (Lipinski definition) is 3. The van der Waals surface area contributed by atoms with Crippen LogP contribution in [0.2, 0.25) is 0 Å². The first-order chi connectivity index (χ1) is 11.4. The van der Waals surface area contributed by atoms with E-state index in [1.165, 1.54) is 0 Å². The number of carbonyl (C=O) groups excluding carboxylic acids is 1. The summed E-state index contributed by atoms with van der Waals surface area (Å²) in [5.74, 6) is 0.271. The maximum absolute atomic E-state index is 12.7. The Kier molecular flexibility index (Phi) is 4.58. The molecule has 3 rings (SSSR count). The summed E-state index contributed by atoms with van der Waals surface area (Å²) in [7, 11) is 0. The SMILES string of the molecule is CCCCC(NC(=O)c1c[nH]c2ncc(C3CC3)nc12)C(C)(C)O. The Morgan fingerprint density at radius 2 is 2.25 bits per heavy atom. The first kappa shape index (κ1) is 16.9. The van der Waals surface area contributed by atoms with Crippen molar-refractivity contribution in [2.45, 2.75) is 70.4 Å². The lowest BCUT2D eigenvalue weighted by molar-refractivity contribution is 0.0315. The number of nitrogens with zero attached hydrogens (tertiary/aromatic N) is 2. The average Bonchev–Trinajstić information content (AvgIpc) is 3.29. The number of H-pyrrole nitrogens is 1. The Balaban J connectivity index is 1.83. The van der Waals surface area contributed by atoms with Gasteiger partial charge in [-0.2, -0.15) is 0 Å². The highest BCUT2D eigenvalue weighted by Gasteiger charge is 2.30. The van der Waals surface area contributed by atoms with E-state index in [9.17, 15) is 9.90 Å². The van der Waals surface area contributed by atoms with Gasteiger partial charge in [0, 0.05) is 12.1 Å². The van der Waals surface area contributed by atoms with Crippen LogP contribution in [-0.4, -0.2) is 37.6 Å². The molecule has 2 aromatic rings. The molecule has 0 radical (unpaired) electrons. The molecule has 3 N–H and O–H groups in total. The van der Waals surface area contributed by atoms with Gasteiger partial charge in [-0.15, -0.1) is 0 Å². The molecule has 0 bridgehead atoms. The second-order valence-electron chi connectivity index (χ2n) is 7.29. The van der Waals surface area contributed by atoms with Crippen LogP contribution in [0.1, 0.15) is 74.8 Å². The van der Waals surface area contributed by atoms with Crippen molar-refractivity contribution in [3.63, 3.8) is 0 Å². The molecule has 1 aliphatic rings. The summed E-state index contributed by atoms with van der Waals surface area (Å²) < 4.78 is 0. The first-order valence-electron chi connectivity index (χ1n) is 8.77. The molecule has 1 aliphatic carbocycles. The van der Waals surface area contributed by atoms with Crippen LogP contribution >= 0.6 is 0 Å². The van der Waals surface area contributed by atoms with Crippen LogP contribution in [0.3, 0.4) is 0 Å². The fourth-order valence-corrected chi connectivity index (χ4v) is 2.90. The van der Waals surface area contributed by atoms with Gasteiger partial charge in [-0.3, -0.25) is 4.79 Å². The van der Waals surface area contributed by atoms with Gasteiger partial charge in [-0.25, -0.2) is 9.97 Å². The lowest BCUT2D eigenvalue weighted by Crippen LogP contribution is -2.49. The fraction of sp³-hybridized carbons (Fsp3) is 0.611. The van der Waals surface area contributed by atoms with Gasteiger partial charge in [0.05, 0.1) is 29.1 Å². The van der Waals surface area contributed by atoms with Crippen molar-refractivity contribution < 1.29 is 9.90 Å². The summed E-state index contributed by atoms with van der Waals surface area (Å²) in [6, 6.07) is -0.297. The maximum atomic E-state index is 12.7. The third kappa shape index (κ3) is 3.59. The molecule has 2 heterocycles. The number of rotatable bonds is 7. The average molecular weight is 330 g/mol. The molecular formula is C18H26N4O2. The van der Waals surface area contributed by atoms with Crippen molar-refractivity contribution >= 4 is 17.1 Å². The third-order valence-electron chi connectivity index (χ3n) is 4.64. The van der Waals surface area contributed by atoms with Gasteiger partial charge < -0.3 is 15.4 Å². The van der Waals surface area contributed by atoms with E-state index in [4.69, 9.17) is 0 Å². The Hall–Kier alpha value is -1.95. The van der Waals surface area contributed by atoms with E-state index in [-0.39, 0.29) is 11.9 Å². The zero-order valence-electron chi connectivity index (χ0n) is 14.6. The molecule has 24 heavy (non-hydrogen) atoms. The Morgan fingerprint density at radius 1 is 1.50 bits per heavy atom. The highest BCUT2D eigenvalue weighted by Crippen LogP contribution is 2.39. The molecule has 0 saturated heterocycles. The van der Waals surface area contributed by atoms with E-state index >= 15 is 0 Å². The molecule has 0 aromatic carbocycles. The number of hydrogen-bond acceptors (Lipinski definition) is 4. The molecule has 1 amide bonds. The van der Waals surface area contributed by atoms with Gasteiger partial charge in [-0.1, -0.05) is 19.8 Å². The van der Waals surface area contributed by atoms with Gasteiger partial charge in [0.1, 0.15) is 5.52 Å². The highest BCUT2D eigenvalue weighted by atomic mass is 16.3. The molecule has 1 fully saturated rings. The van der Waals surface area contributed by atoms with Crippen LogP contribution in [0.5, 0.6) is 0 Å². The number of carbonyl (C=O) groups is 1. The van der Waals surface area contributed by atoms with Gasteiger partial charge in [-0.05, 0) is 33.1 Å². The second-order valence-corrected chi connectivity index (χ2v) is 7.29. The number of aromatic nitrogens is 3. The molecule has 0 spiro atoms. The first-order valence-corrected chi connectivity index (χ1v) is 8.77. The topological polar surface area (TPSA) is 90.9 Å². The number of fused-ring (bicyclic) bond motifs is 1. The minimum Gasteiger partial charge on any atom is -0.388 e. The van der Waals surface area contributed by atoms with Crippen LogP contribution in [-0.2, 0) is 0 Å². The second kappa shape index (κ2) is 6.51. The number of unbranched alkanes of at least 4 members (excludes halogenated alkanes) is 1. The van der Waals surface area contributed by atoms with Gasteiger partial charge in [0.25, 0.3) is 5.91 Å². The molecule has 2 aromatic heterocycles. The molecule has 1 atom stereocenters. The smallest absolute Gasteiger partial charge is 0.255 e. The molecule has 1 saturated carbocycles. The lowest BCUT2D eigenvalue weighted by Gasteiger charge is -2.30. The Morgan fingerprint density at radius 3 is 2.88 bits per heavy atom. The van der Waals surface area contributed by atoms with Crippen LogP contribution in [0.25, 0.3) is 11.2 Å². The van der Waals surface area contributed by atoms with Crippen LogP contribution in [0, 0.1) is 0 Å². The summed E-state index contributed by atoms with van der Waals surface area (Å²) in [4.78, 5) is 24.7. The zero-order valence-corrected chi connectivity index (χ0v) is 14.6. The minimum atomic E-state index is -0.970. The quantitative estimate of drug-likeness (QED) is 0.728. The van der Waals surface area contributed by atoms with Gasteiger partial charge in [0.15, 0.2) is 5.65 Å². The minimum absolute atomic E-state index is 0.216. The molecule has 130 valence electrons. The number of aliphatic hydroxyl groups is 1. The molecular weight excluding hydrogens is 304 g/mol. The van der Waals surface area contributed by atoms with Crippen LogP contribution < -0.4 is 5.32 Å². The largest absolute Gasteiger partial charge is 0.388 e. The van der Waals surface area contributed by atoms with E-state index in [1.807, 2.05) is 0 Å². The van der Waals surface area contributed by atoms with E-state index in [1.54, 1.807) is 26.2 Å². The maximum Gasteiger partial charge on any atom is 0.255 e. The summed E-state index contributed by atoms with van der Waals surface area (Å²) in [6.45, 7) is 5.56. The van der Waals surface area contributed by atoms with Crippen molar-refractivity contribution in [3.05, 3.63) is 23.7 Å². The lowest BCUT2D eigenvalue weighted by atomic mass is 9.93. The normalized spacial score (nSPS) is 16.3. The predicted octanol–water partition coefficient (Wildman–Crippen LogP) is 2.89.